The Morgan fingerprint density at radius 3 is 2.78 bits per heavy atom. The van der Waals surface area contributed by atoms with E-state index in [2.05, 4.69) is 70.8 Å². The molecule has 18 heavy (non-hydrogen) atoms. The summed E-state index contributed by atoms with van der Waals surface area (Å²) in [5.74, 6) is 0. The van der Waals surface area contributed by atoms with Gasteiger partial charge in [0.1, 0.15) is 0 Å². The summed E-state index contributed by atoms with van der Waals surface area (Å²) >= 11 is 7.24. The SMILES string of the molecule is CC(C)NCc1ccc(Sc2cccs2)c(Br)c1. The minimum atomic E-state index is 0.518. The van der Waals surface area contributed by atoms with E-state index in [-0.39, 0.29) is 0 Å². The first kappa shape index (κ1) is 14.1. The lowest BCUT2D eigenvalue weighted by Gasteiger charge is -2.10. The minimum Gasteiger partial charge on any atom is -0.310 e. The lowest BCUT2D eigenvalue weighted by Crippen LogP contribution is -2.21. The molecule has 1 nitrogen and oxygen atoms in total. The van der Waals surface area contributed by atoms with E-state index in [1.54, 1.807) is 23.1 Å². The third-order valence-corrected chi connectivity index (χ3v) is 5.45. The Balaban J connectivity index is 2.05. The summed E-state index contributed by atoms with van der Waals surface area (Å²) in [5.41, 5.74) is 1.31. The highest BCUT2D eigenvalue weighted by atomic mass is 79.9. The highest BCUT2D eigenvalue weighted by Gasteiger charge is 2.05. The van der Waals surface area contributed by atoms with Gasteiger partial charge in [-0.2, -0.15) is 0 Å². The zero-order valence-electron chi connectivity index (χ0n) is 10.4. The molecule has 0 aliphatic rings. The van der Waals surface area contributed by atoms with Crippen LogP contribution in [0.1, 0.15) is 19.4 Å². The molecule has 0 amide bonds. The smallest absolute Gasteiger partial charge is 0.0646 e. The fourth-order valence-electron chi connectivity index (χ4n) is 1.49. The average molecular weight is 342 g/mol. The van der Waals surface area contributed by atoms with Crippen LogP contribution in [0.15, 0.2) is 49.3 Å². The van der Waals surface area contributed by atoms with Crippen molar-refractivity contribution in [2.75, 3.05) is 0 Å². The van der Waals surface area contributed by atoms with Crippen molar-refractivity contribution >= 4 is 39.0 Å². The number of thiophene rings is 1. The Hall–Kier alpha value is -0.290. The van der Waals surface area contributed by atoms with Crippen LogP contribution in [0.4, 0.5) is 0 Å². The zero-order valence-corrected chi connectivity index (χ0v) is 13.7. The first-order valence-electron chi connectivity index (χ1n) is 5.88. The quantitative estimate of drug-likeness (QED) is 0.805. The van der Waals surface area contributed by atoms with E-state index in [0.29, 0.717) is 6.04 Å². The first-order chi connectivity index (χ1) is 8.65. The molecule has 0 saturated heterocycles. The van der Waals surface area contributed by atoms with E-state index < -0.39 is 0 Å². The molecule has 1 heterocycles. The zero-order chi connectivity index (χ0) is 13.0. The van der Waals surface area contributed by atoms with Crippen molar-refractivity contribution in [3.63, 3.8) is 0 Å². The molecular formula is C14H16BrNS2. The molecule has 0 saturated carbocycles. The van der Waals surface area contributed by atoms with Gasteiger partial charge in [0, 0.05) is 22.0 Å². The van der Waals surface area contributed by atoms with E-state index in [1.807, 2.05) is 0 Å². The molecule has 0 spiro atoms. The second kappa shape index (κ2) is 6.75. The molecule has 2 aromatic rings. The molecule has 1 aromatic heterocycles. The third kappa shape index (κ3) is 4.12. The second-order valence-corrected chi connectivity index (χ2v) is 7.48. The fraction of sp³-hybridized carbons (Fsp3) is 0.286. The molecule has 4 heteroatoms. The standard InChI is InChI=1S/C14H16BrNS2/c1-10(2)16-9-11-5-6-13(12(15)8-11)18-14-4-3-7-17-14/h3-8,10,16H,9H2,1-2H3. The number of benzene rings is 1. The summed E-state index contributed by atoms with van der Waals surface area (Å²) in [6.07, 6.45) is 0. The number of halogens is 1. The van der Waals surface area contributed by atoms with Crippen LogP contribution in [0, 0.1) is 0 Å². The third-order valence-electron chi connectivity index (χ3n) is 2.42. The van der Waals surface area contributed by atoms with Crippen LogP contribution in [0.3, 0.4) is 0 Å². The van der Waals surface area contributed by atoms with E-state index in [9.17, 15) is 0 Å². The number of nitrogens with one attached hydrogen (secondary N) is 1. The highest BCUT2D eigenvalue weighted by molar-refractivity contribution is 9.10. The Kier molecular flexibility index (Phi) is 5.30. The topological polar surface area (TPSA) is 12.0 Å². The lowest BCUT2D eigenvalue weighted by molar-refractivity contribution is 0.588. The van der Waals surface area contributed by atoms with Gasteiger partial charge in [0.05, 0.1) is 4.21 Å². The van der Waals surface area contributed by atoms with Gasteiger partial charge in [-0.05, 0) is 45.1 Å². The second-order valence-electron chi connectivity index (χ2n) is 4.33. The highest BCUT2D eigenvalue weighted by Crippen LogP contribution is 2.36. The minimum absolute atomic E-state index is 0.518. The Morgan fingerprint density at radius 2 is 2.17 bits per heavy atom. The molecule has 0 radical (unpaired) electrons. The average Bonchev–Trinajstić information content (AvgIpc) is 2.82. The van der Waals surface area contributed by atoms with Gasteiger partial charge < -0.3 is 5.32 Å². The summed E-state index contributed by atoms with van der Waals surface area (Å²) in [6.45, 7) is 5.24. The van der Waals surface area contributed by atoms with Crippen LogP contribution in [-0.2, 0) is 6.54 Å². The van der Waals surface area contributed by atoms with Gasteiger partial charge in [-0.3, -0.25) is 0 Å². The van der Waals surface area contributed by atoms with Crippen LogP contribution in [0.5, 0.6) is 0 Å². The summed E-state index contributed by atoms with van der Waals surface area (Å²) in [4.78, 5) is 1.27. The Bertz CT molecular complexity index is 495. The van der Waals surface area contributed by atoms with Gasteiger partial charge in [0.15, 0.2) is 0 Å². The predicted octanol–water partition coefficient (Wildman–Crippen LogP) is 5.16. The molecule has 2 rings (SSSR count). The number of hydrogen-bond donors (Lipinski definition) is 1. The molecular weight excluding hydrogens is 326 g/mol. The molecule has 0 fully saturated rings. The maximum absolute atomic E-state index is 3.66. The van der Waals surface area contributed by atoms with Crippen LogP contribution in [0.25, 0.3) is 0 Å². The van der Waals surface area contributed by atoms with Crippen LogP contribution >= 0.6 is 39.0 Å². The van der Waals surface area contributed by atoms with Crippen LogP contribution < -0.4 is 5.32 Å². The Morgan fingerprint density at radius 1 is 1.33 bits per heavy atom. The summed E-state index contributed by atoms with van der Waals surface area (Å²) < 4.78 is 2.49. The van der Waals surface area contributed by atoms with Gasteiger partial charge >= 0.3 is 0 Å². The summed E-state index contributed by atoms with van der Waals surface area (Å²) in [5, 5.41) is 5.54. The molecule has 0 unspecified atom stereocenters. The maximum atomic E-state index is 3.66. The molecule has 0 aliphatic heterocycles. The van der Waals surface area contributed by atoms with Gasteiger partial charge in [-0.15, -0.1) is 11.3 Å². The van der Waals surface area contributed by atoms with E-state index in [1.165, 1.54) is 19.1 Å². The molecule has 0 bridgehead atoms. The van der Waals surface area contributed by atoms with E-state index in [0.717, 1.165) is 6.54 Å². The van der Waals surface area contributed by atoms with Crippen molar-refractivity contribution in [3.8, 4) is 0 Å². The van der Waals surface area contributed by atoms with Crippen molar-refractivity contribution < 1.29 is 0 Å². The predicted molar refractivity (Wildman–Crippen MR) is 84.6 cm³/mol. The van der Waals surface area contributed by atoms with Crippen LogP contribution in [-0.4, -0.2) is 6.04 Å². The molecule has 1 aromatic carbocycles. The van der Waals surface area contributed by atoms with Gasteiger partial charge in [-0.1, -0.05) is 37.7 Å². The maximum Gasteiger partial charge on any atom is 0.0646 e. The van der Waals surface area contributed by atoms with Crippen molar-refractivity contribution in [1.29, 1.82) is 0 Å². The molecule has 1 N–H and O–H groups in total. The first-order valence-corrected chi connectivity index (χ1v) is 8.37. The molecule has 0 aliphatic carbocycles. The van der Waals surface area contributed by atoms with Gasteiger partial charge in [0.25, 0.3) is 0 Å². The molecule has 0 atom stereocenters. The largest absolute Gasteiger partial charge is 0.310 e. The Labute approximate surface area is 125 Å². The van der Waals surface area contributed by atoms with Crippen LogP contribution in [0.2, 0.25) is 0 Å². The van der Waals surface area contributed by atoms with Crippen molar-refractivity contribution in [2.45, 2.75) is 35.5 Å². The van der Waals surface area contributed by atoms with Gasteiger partial charge in [-0.25, -0.2) is 0 Å². The summed E-state index contributed by atoms with van der Waals surface area (Å²) in [7, 11) is 0. The molecule has 96 valence electrons. The van der Waals surface area contributed by atoms with E-state index >= 15 is 0 Å². The van der Waals surface area contributed by atoms with Crippen molar-refractivity contribution in [3.05, 3.63) is 45.7 Å². The van der Waals surface area contributed by atoms with Crippen molar-refractivity contribution in [1.82, 2.24) is 5.32 Å². The van der Waals surface area contributed by atoms with Gasteiger partial charge in [0.2, 0.25) is 0 Å². The van der Waals surface area contributed by atoms with Crippen molar-refractivity contribution in [2.24, 2.45) is 0 Å². The number of rotatable bonds is 5. The summed E-state index contributed by atoms with van der Waals surface area (Å²) in [6, 6.07) is 11.3. The fourth-order valence-corrected chi connectivity index (χ4v) is 3.89. The monoisotopic (exact) mass is 341 g/mol. The lowest BCUT2D eigenvalue weighted by atomic mass is 10.2. The number of hydrogen-bond acceptors (Lipinski definition) is 3. The van der Waals surface area contributed by atoms with E-state index in [4.69, 9.17) is 0 Å². The normalized spacial score (nSPS) is 11.1.